The molecule has 74 valence electrons. The number of rotatable bonds is 2. The zero-order chi connectivity index (χ0) is 10.7. The first kappa shape index (κ1) is 9.54. The van der Waals surface area contributed by atoms with Gasteiger partial charge in [-0.2, -0.15) is 0 Å². The minimum Gasteiger partial charge on any atom is -0.454 e. The van der Waals surface area contributed by atoms with Gasteiger partial charge in [-0.3, -0.25) is 0 Å². The van der Waals surface area contributed by atoms with Crippen molar-refractivity contribution in [2.45, 2.75) is 6.92 Å². The van der Waals surface area contributed by atoms with E-state index in [-0.39, 0.29) is 11.6 Å². The lowest BCUT2D eigenvalue weighted by molar-refractivity contribution is 0.440. The van der Waals surface area contributed by atoms with Crippen LogP contribution in [0.15, 0.2) is 36.4 Å². The maximum absolute atomic E-state index is 13.5. The molecule has 0 fully saturated rings. The highest BCUT2D eigenvalue weighted by atomic mass is 19.1. The Balaban J connectivity index is 2.29. The first-order chi connectivity index (χ1) is 7.27. The van der Waals surface area contributed by atoms with Crippen LogP contribution < -0.4 is 4.74 Å². The van der Waals surface area contributed by atoms with E-state index < -0.39 is 0 Å². The highest BCUT2D eigenvalue weighted by Crippen LogP contribution is 2.25. The number of aryl methyl sites for hydroxylation is 1. The summed E-state index contributed by atoms with van der Waals surface area (Å²) in [4.78, 5) is 0. The lowest BCUT2D eigenvalue weighted by Gasteiger charge is -2.06. The number of halogens is 1. The van der Waals surface area contributed by atoms with Crippen LogP contribution in [0, 0.1) is 24.9 Å². The van der Waals surface area contributed by atoms with E-state index in [1.54, 1.807) is 43.3 Å². The molecule has 1 nitrogen and oxygen atoms in total. The van der Waals surface area contributed by atoms with Gasteiger partial charge in [-0.1, -0.05) is 24.3 Å². The fourth-order valence-corrected chi connectivity index (χ4v) is 1.22. The van der Waals surface area contributed by atoms with E-state index in [9.17, 15) is 4.39 Å². The molecule has 2 heteroatoms. The van der Waals surface area contributed by atoms with Crippen molar-refractivity contribution in [1.29, 1.82) is 0 Å². The van der Waals surface area contributed by atoms with Crippen molar-refractivity contribution in [3.8, 4) is 11.5 Å². The third-order valence-electron chi connectivity index (χ3n) is 2.01. The van der Waals surface area contributed by atoms with E-state index >= 15 is 0 Å². The third-order valence-corrected chi connectivity index (χ3v) is 2.01. The van der Waals surface area contributed by atoms with Crippen molar-refractivity contribution in [3.05, 3.63) is 59.9 Å². The molecule has 0 saturated heterocycles. The third kappa shape index (κ3) is 2.08. The summed E-state index contributed by atoms with van der Waals surface area (Å²) >= 11 is 0. The van der Waals surface area contributed by atoms with Gasteiger partial charge in [0.1, 0.15) is 5.75 Å². The molecule has 0 atom stereocenters. The number of benzene rings is 1. The second kappa shape index (κ2) is 4.02. The first-order valence-electron chi connectivity index (χ1n) is 4.58. The molecule has 0 aliphatic rings. The summed E-state index contributed by atoms with van der Waals surface area (Å²) in [5.41, 5.74) is 0.568. The van der Waals surface area contributed by atoms with Gasteiger partial charge >= 0.3 is 0 Å². The summed E-state index contributed by atoms with van der Waals surface area (Å²) in [7, 11) is 0. The lowest BCUT2D eigenvalue weighted by atomic mass is 10.2. The average Bonchev–Trinajstić information content (AvgIpc) is 2.26. The molecule has 0 spiro atoms. The molecule has 0 radical (unpaired) electrons. The molecular weight excluding hydrogens is 191 g/mol. The minimum atomic E-state index is -0.328. The van der Waals surface area contributed by atoms with Crippen LogP contribution in [0.2, 0.25) is 0 Å². The fourth-order valence-electron chi connectivity index (χ4n) is 1.22. The zero-order valence-corrected chi connectivity index (χ0v) is 8.25. The summed E-state index contributed by atoms with van der Waals surface area (Å²) in [5, 5.41) is 0. The summed E-state index contributed by atoms with van der Waals surface area (Å²) in [6.45, 7) is 1.70. The second-order valence-electron chi connectivity index (χ2n) is 3.16. The van der Waals surface area contributed by atoms with Crippen LogP contribution in [0.25, 0.3) is 0 Å². The highest BCUT2D eigenvalue weighted by molar-refractivity contribution is 5.34. The monoisotopic (exact) mass is 200 g/mol. The predicted molar refractivity (Wildman–Crippen MR) is 55.3 cm³/mol. The Bertz CT molecular complexity index is 451. The van der Waals surface area contributed by atoms with Gasteiger partial charge in [0.15, 0.2) is 11.6 Å². The molecular formula is C13H9FO. The Morgan fingerprint density at radius 3 is 2.80 bits per heavy atom. The molecule has 0 N–H and O–H groups in total. The van der Waals surface area contributed by atoms with Crippen LogP contribution in [0.5, 0.6) is 11.5 Å². The van der Waals surface area contributed by atoms with Gasteiger partial charge in [0.05, 0.1) is 0 Å². The molecule has 15 heavy (non-hydrogen) atoms. The fraction of sp³-hybridized carbons (Fsp3) is 0.0769. The van der Waals surface area contributed by atoms with Crippen molar-refractivity contribution in [3.63, 3.8) is 0 Å². The number of hydrogen-bond acceptors (Lipinski definition) is 1. The quantitative estimate of drug-likeness (QED) is 0.720. The van der Waals surface area contributed by atoms with Crippen LogP contribution in [-0.2, 0) is 0 Å². The van der Waals surface area contributed by atoms with E-state index in [1.807, 2.05) is 0 Å². The van der Waals surface area contributed by atoms with Crippen LogP contribution in [0.1, 0.15) is 5.56 Å². The molecule has 0 aliphatic heterocycles. The summed E-state index contributed by atoms with van der Waals surface area (Å²) in [6.07, 6.45) is 0. The van der Waals surface area contributed by atoms with E-state index in [0.717, 1.165) is 0 Å². The van der Waals surface area contributed by atoms with Crippen LogP contribution in [-0.4, -0.2) is 0 Å². The van der Waals surface area contributed by atoms with E-state index in [0.29, 0.717) is 11.3 Å². The van der Waals surface area contributed by atoms with Crippen molar-refractivity contribution >= 4 is 0 Å². The van der Waals surface area contributed by atoms with Gasteiger partial charge in [-0.15, -0.1) is 0 Å². The lowest BCUT2D eigenvalue weighted by Crippen LogP contribution is -1.89. The molecule has 2 rings (SSSR count). The van der Waals surface area contributed by atoms with Gasteiger partial charge in [-0.25, -0.2) is 4.39 Å². The van der Waals surface area contributed by atoms with Gasteiger partial charge in [0.2, 0.25) is 0 Å². The predicted octanol–water partition coefficient (Wildman–Crippen LogP) is 3.53. The zero-order valence-electron chi connectivity index (χ0n) is 8.25. The molecule has 0 heterocycles. The van der Waals surface area contributed by atoms with Crippen LogP contribution in [0.3, 0.4) is 0 Å². The molecule has 2 aromatic rings. The van der Waals surface area contributed by atoms with Crippen molar-refractivity contribution in [1.82, 2.24) is 0 Å². The van der Waals surface area contributed by atoms with Crippen molar-refractivity contribution < 1.29 is 9.13 Å². The first-order valence-corrected chi connectivity index (χ1v) is 4.58. The van der Waals surface area contributed by atoms with Gasteiger partial charge in [-0.05, 0) is 30.7 Å². The normalized spacial score (nSPS) is 9.47. The van der Waals surface area contributed by atoms with E-state index in [4.69, 9.17) is 4.74 Å². The molecule has 0 amide bonds. The highest BCUT2D eigenvalue weighted by Gasteiger charge is 2.05. The van der Waals surface area contributed by atoms with Crippen molar-refractivity contribution in [2.75, 3.05) is 0 Å². The Morgan fingerprint density at radius 2 is 2.07 bits per heavy atom. The Kier molecular flexibility index (Phi) is 2.55. The topological polar surface area (TPSA) is 9.23 Å². The minimum absolute atomic E-state index is 0.231. The van der Waals surface area contributed by atoms with Crippen LogP contribution in [0.4, 0.5) is 4.39 Å². The maximum Gasteiger partial charge on any atom is 0.168 e. The molecule has 0 unspecified atom stereocenters. The molecule has 0 saturated carbocycles. The largest absolute Gasteiger partial charge is 0.454 e. The van der Waals surface area contributed by atoms with Gasteiger partial charge in [0, 0.05) is 6.07 Å². The smallest absolute Gasteiger partial charge is 0.168 e. The maximum atomic E-state index is 13.5. The Hall–Kier alpha value is -2.01. The molecule has 0 bridgehead atoms. The molecule has 0 aromatic heterocycles. The van der Waals surface area contributed by atoms with E-state index in [1.165, 1.54) is 0 Å². The standard InChI is InChI=1S/C13H9FO/c1-10-6-5-9-12(13(10)14)15-11-7-3-2-4-8-11/h3,5-9H,1H3. The second-order valence-corrected chi connectivity index (χ2v) is 3.16. The summed E-state index contributed by atoms with van der Waals surface area (Å²) < 4.78 is 18.9. The number of ether oxygens (including phenoxy) is 1. The van der Waals surface area contributed by atoms with Gasteiger partial charge < -0.3 is 4.74 Å². The van der Waals surface area contributed by atoms with Crippen molar-refractivity contribution in [2.24, 2.45) is 0 Å². The number of hydrogen-bond donors (Lipinski definition) is 0. The van der Waals surface area contributed by atoms with Crippen LogP contribution >= 0.6 is 0 Å². The van der Waals surface area contributed by atoms with E-state index in [2.05, 4.69) is 12.1 Å². The van der Waals surface area contributed by atoms with Gasteiger partial charge in [0.25, 0.3) is 0 Å². The Morgan fingerprint density at radius 1 is 1.20 bits per heavy atom. The molecule has 2 aromatic carbocycles. The summed E-state index contributed by atoms with van der Waals surface area (Å²) in [6, 6.07) is 15.5. The summed E-state index contributed by atoms with van der Waals surface area (Å²) in [5.74, 6) is 0.457. The average molecular weight is 200 g/mol. The Labute approximate surface area is 88.1 Å². The SMILES string of the molecule is Cc1cccc(Oc2cc#ccc2)c1F. The molecule has 0 aliphatic carbocycles.